The van der Waals surface area contributed by atoms with E-state index in [1.54, 1.807) is 6.20 Å². The van der Waals surface area contributed by atoms with E-state index in [9.17, 15) is 0 Å². The highest BCUT2D eigenvalue weighted by Gasteiger charge is 2.15. The number of aromatic nitrogens is 2. The van der Waals surface area contributed by atoms with E-state index < -0.39 is 0 Å². The van der Waals surface area contributed by atoms with Crippen molar-refractivity contribution in [3.63, 3.8) is 0 Å². The zero-order valence-corrected chi connectivity index (χ0v) is 11.6. The molecule has 0 amide bonds. The summed E-state index contributed by atoms with van der Waals surface area (Å²) in [6, 6.07) is 9.86. The summed E-state index contributed by atoms with van der Waals surface area (Å²) in [4.78, 5) is 4.62. The predicted octanol–water partition coefficient (Wildman–Crippen LogP) is 3.85. The van der Waals surface area contributed by atoms with Crippen LogP contribution in [0.3, 0.4) is 0 Å². The summed E-state index contributed by atoms with van der Waals surface area (Å²) < 4.78 is 1.82. The molecule has 0 radical (unpaired) electrons. The van der Waals surface area contributed by atoms with Gasteiger partial charge in [0.05, 0.1) is 5.02 Å². The second-order valence-corrected chi connectivity index (χ2v) is 5.12. The number of pyridine rings is 1. The summed E-state index contributed by atoms with van der Waals surface area (Å²) in [5.41, 5.74) is 11.3. The van der Waals surface area contributed by atoms with Gasteiger partial charge in [0.1, 0.15) is 17.2 Å². The number of nitrogens with zero attached hydrogens (tertiary/aromatic N) is 2. The molecule has 0 unspecified atom stereocenters. The second kappa shape index (κ2) is 4.28. The summed E-state index contributed by atoms with van der Waals surface area (Å²) in [5, 5.41) is 0.643. The predicted molar refractivity (Wildman–Crippen MR) is 79.5 cm³/mol. The summed E-state index contributed by atoms with van der Waals surface area (Å²) in [7, 11) is 0. The lowest BCUT2D eigenvalue weighted by Gasteiger charge is -2.07. The van der Waals surface area contributed by atoms with Crippen molar-refractivity contribution < 1.29 is 0 Å². The number of benzene rings is 1. The Morgan fingerprint density at radius 1 is 1.11 bits per heavy atom. The van der Waals surface area contributed by atoms with Gasteiger partial charge in [0.15, 0.2) is 0 Å². The quantitative estimate of drug-likeness (QED) is 0.730. The Bertz CT molecular complexity index is 754. The molecule has 0 aliphatic heterocycles. The van der Waals surface area contributed by atoms with Crippen LogP contribution in [-0.2, 0) is 0 Å². The molecular weight excluding hydrogens is 258 g/mol. The molecule has 0 aliphatic rings. The Labute approximate surface area is 116 Å². The molecule has 0 fully saturated rings. The van der Waals surface area contributed by atoms with Crippen LogP contribution < -0.4 is 5.73 Å². The number of imidazole rings is 1. The molecule has 3 nitrogen and oxygen atoms in total. The molecule has 0 spiro atoms. The van der Waals surface area contributed by atoms with E-state index in [1.165, 1.54) is 11.1 Å². The number of rotatable bonds is 1. The maximum Gasteiger partial charge on any atom is 0.139 e. The largest absolute Gasteiger partial charge is 0.383 e. The van der Waals surface area contributed by atoms with Crippen LogP contribution in [0.4, 0.5) is 5.82 Å². The van der Waals surface area contributed by atoms with Crippen LogP contribution >= 0.6 is 11.6 Å². The number of aryl methyl sites for hydroxylation is 2. The third kappa shape index (κ3) is 1.87. The van der Waals surface area contributed by atoms with Gasteiger partial charge in [0.25, 0.3) is 0 Å². The van der Waals surface area contributed by atoms with E-state index in [0.717, 1.165) is 16.9 Å². The van der Waals surface area contributed by atoms with Gasteiger partial charge in [-0.1, -0.05) is 29.8 Å². The summed E-state index contributed by atoms with van der Waals surface area (Å²) in [6.45, 7) is 4.14. The van der Waals surface area contributed by atoms with Crippen molar-refractivity contribution in [2.24, 2.45) is 0 Å². The molecule has 0 saturated heterocycles. The van der Waals surface area contributed by atoms with Crippen molar-refractivity contribution in [3.8, 4) is 11.3 Å². The highest BCUT2D eigenvalue weighted by atomic mass is 35.5. The van der Waals surface area contributed by atoms with Gasteiger partial charge in [-0.2, -0.15) is 0 Å². The third-order valence-electron chi connectivity index (χ3n) is 3.34. The van der Waals surface area contributed by atoms with Crippen LogP contribution in [0.5, 0.6) is 0 Å². The van der Waals surface area contributed by atoms with Crippen LogP contribution in [0.2, 0.25) is 5.02 Å². The number of hydrogen-bond acceptors (Lipinski definition) is 2. The molecule has 0 atom stereocenters. The van der Waals surface area contributed by atoms with Gasteiger partial charge in [0.2, 0.25) is 0 Å². The molecule has 4 heteroatoms. The first kappa shape index (κ1) is 12.1. The third-order valence-corrected chi connectivity index (χ3v) is 3.56. The molecule has 19 heavy (non-hydrogen) atoms. The normalized spacial score (nSPS) is 11.1. The number of nitrogen functional groups attached to an aromatic ring is 1. The van der Waals surface area contributed by atoms with Gasteiger partial charge in [-0.25, -0.2) is 4.98 Å². The Kier molecular flexibility index (Phi) is 2.72. The number of fused-ring (bicyclic) bond motifs is 1. The Balaban J connectivity index is 2.35. The van der Waals surface area contributed by atoms with Gasteiger partial charge in [-0.3, -0.25) is 4.40 Å². The first-order valence-corrected chi connectivity index (χ1v) is 6.45. The lowest BCUT2D eigenvalue weighted by atomic mass is 10.0. The van der Waals surface area contributed by atoms with Crippen molar-refractivity contribution in [1.29, 1.82) is 0 Å². The van der Waals surface area contributed by atoms with E-state index in [4.69, 9.17) is 17.3 Å². The van der Waals surface area contributed by atoms with Gasteiger partial charge >= 0.3 is 0 Å². The minimum atomic E-state index is 0.620. The average molecular weight is 272 g/mol. The number of anilines is 1. The number of hydrogen-bond donors (Lipinski definition) is 1. The standard InChI is InChI=1S/C15H14ClN3/c1-9-4-3-5-10(2)13(9)14-15(17)19-8-11(16)6-7-12(19)18-14/h3-8H,17H2,1-2H3. The molecular formula is C15H14ClN3. The van der Waals surface area contributed by atoms with Gasteiger partial charge in [-0.05, 0) is 37.1 Å². The smallest absolute Gasteiger partial charge is 0.139 e. The van der Waals surface area contributed by atoms with E-state index in [-0.39, 0.29) is 0 Å². The maximum atomic E-state index is 6.22. The van der Waals surface area contributed by atoms with Crippen molar-refractivity contribution in [1.82, 2.24) is 9.38 Å². The van der Waals surface area contributed by atoms with Crippen LogP contribution in [0.15, 0.2) is 36.5 Å². The van der Waals surface area contributed by atoms with E-state index in [1.807, 2.05) is 22.6 Å². The monoisotopic (exact) mass is 271 g/mol. The van der Waals surface area contributed by atoms with Crippen LogP contribution in [0.1, 0.15) is 11.1 Å². The summed E-state index contributed by atoms with van der Waals surface area (Å²) >= 11 is 6.00. The molecule has 2 N–H and O–H groups in total. The number of nitrogens with two attached hydrogens (primary N) is 1. The molecule has 0 saturated carbocycles. The fourth-order valence-corrected chi connectivity index (χ4v) is 2.57. The average Bonchev–Trinajstić information content (AvgIpc) is 2.67. The second-order valence-electron chi connectivity index (χ2n) is 4.69. The molecule has 2 aromatic heterocycles. The van der Waals surface area contributed by atoms with E-state index >= 15 is 0 Å². The zero-order chi connectivity index (χ0) is 13.6. The highest BCUT2D eigenvalue weighted by molar-refractivity contribution is 6.30. The van der Waals surface area contributed by atoms with E-state index in [0.29, 0.717) is 10.8 Å². The minimum Gasteiger partial charge on any atom is -0.383 e. The van der Waals surface area contributed by atoms with Crippen molar-refractivity contribution in [2.75, 3.05) is 5.73 Å². The Morgan fingerprint density at radius 2 is 1.79 bits per heavy atom. The maximum absolute atomic E-state index is 6.22. The fourth-order valence-electron chi connectivity index (χ4n) is 2.41. The van der Waals surface area contributed by atoms with Crippen molar-refractivity contribution in [2.45, 2.75) is 13.8 Å². The van der Waals surface area contributed by atoms with Gasteiger partial charge < -0.3 is 5.73 Å². The Hall–Kier alpha value is -2.00. The zero-order valence-electron chi connectivity index (χ0n) is 10.8. The summed E-state index contributed by atoms with van der Waals surface area (Å²) in [6.07, 6.45) is 1.79. The minimum absolute atomic E-state index is 0.620. The molecule has 96 valence electrons. The lowest BCUT2D eigenvalue weighted by molar-refractivity contribution is 1.20. The van der Waals surface area contributed by atoms with Gasteiger partial charge in [-0.15, -0.1) is 0 Å². The van der Waals surface area contributed by atoms with E-state index in [2.05, 4.69) is 31.0 Å². The first-order chi connectivity index (χ1) is 9.08. The SMILES string of the molecule is Cc1cccc(C)c1-c1nc2ccc(Cl)cn2c1N. The molecule has 3 aromatic rings. The lowest BCUT2D eigenvalue weighted by Crippen LogP contribution is -1.96. The Morgan fingerprint density at radius 3 is 2.47 bits per heavy atom. The fraction of sp³-hybridized carbons (Fsp3) is 0.133. The summed E-state index contributed by atoms with van der Waals surface area (Å²) in [5.74, 6) is 0.620. The molecule has 1 aromatic carbocycles. The molecule has 2 heterocycles. The first-order valence-electron chi connectivity index (χ1n) is 6.07. The molecule has 0 bridgehead atoms. The van der Waals surface area contributed by atoms with Gasteiger partial charge in [0, 0.05) is 11.8 Å². The van der Waals surface area contributed by atoms with Crippen molar-refractivity contribution in [3.05, 3.63) is 52.7 Å². The van der Waals surface area contributed by atoms with Crippen molar-refractivity contribution >= 4 is 23.1 Å². The van der Waals surface area contributed by atoms with Crippen LogP contribution in [0.25, 0.3) is 16.9 Å². The van der Waals surface area contributed by atoms with Crippen LogP contribution in [0, 0.1) is 13.8 Å². The highest BCUT2D eigenvalue weighted by Crippen LogP contribution is 2.32. The molecule has 3 rings (SSSR count). The molecule has 0 aliphatic carbocycles. The van der Waals surface area contributed by atoms with Crippen LogP contribution in [-0.4, -0.2) is 9.38 Å². The number of halogens is 1. The topological polar surface area (TPSA) is 43.3 Å².